The predicted molar refractivity (Wildman–Crippen MR) is 85.9 cm³/mol. The number of alkyl halides is 1. The monoisotopic (exact) mass is 334 g/mol. The highest BCUT2D eigenvalue weighted by Crippen LogP contribution is 2.29. The van der Waals surface area contributed by atoms with Gasteiger partial charge in [0.05, 0.1) is 7.11 Å². The third-order valence-corrected chi connectivity index (χ3v) is 3.71. The van der Waals surface area contributed by atoms with Crippen LogP contribution in [-0.4, -0.2) is 7.11 Å². The number of benzene rings is 2. The van der Waals surface area contributed by atoms with Crippen molar-refractivity contribution in [2.45, 2.75) is 25.8 Å². The maximum absolute atomic E-state index is 5.92. The fourth-order valence-electron chi connectivity index (χ4n) is 2.23. The summed E-state index contributed by atoms with van der Waals surface area (Å²) < 4.78 is 11.3. The Morgan fingerprint density at radius 2 is 1.60 bits per heavy atom. The molecule has 0 spiro atoms. The van der Waals surface area contributed by atoms with Gasteiger partial charge in [0.2, 0.25) is 0 Å². The normalized spacial score (nSPS) is 10.4. The Labute approximate surface area is 128 Å². The van der Waals surface area contributed by atoms with Gasteiger partial charge in [0, 0.05) is 5.33 Å². The Hall–Kier alpha value is -1.48. The van der Waals surface area contributed by atoms with E-state index in [0.717, 1.165) is 16.8 Å². The molecular formula is C17H19BrO2. The topological polar surface area (TPSA) is 18.5 Å². The van der Waals surface area contributed by atoms with Crippen LogP contribution in [0.5, 0.6) is 11.5 Å². The van der Waals surface area contributed by atoms with Gasteiger partial charge in [-0.2, -0.15) is 0 Å². The quantitative estimate of drug-likeness (QED) is 0.732. The molecule has 0 bridgehead atoms. The van der Waals surface area contributed by atoms with Crippen molar-refractivity contribution >= 4 is 15.9 Å². The van der Waals surface area contributed by atoms with Crippen molar-refractivity contribution in [1.29, 1.82) is 0 Å². The van der Waals surface area contributed by atoms with Crippen molar-refractivity contribution in [2.24, 2.45) is 0 Å². The highest BCUT2D eigenvalue weighted by atomic mass is 79.9. The van der Waals surface area contributed by atoms with Crippen LogP contribution in [0.1, 0.15) is 22.3 Å². The molecule has 0 aliphatic heterocycles. The van der Waals surface area contributed by atoms with Crippen LogP contribution < -0.4 is 9.47 Å². The van der Waals surface area contributed by atoms with E-state index in [2.05, 4.69) is 48.0 Å². The van der Waals surface area contributed by atoms with Crippen molar-refractivity contribution in [1.82, 2.24) is 0 Å². The fraction of sp³-hybridized carbons (Fsp3) is 0.294. The minimum absolute atomic E-state index is 0.546. The Bertz CT molecular complexity index is 573. The summed E-state index contributed by atoms with van der Waals surface area (Å²) in [4.78, 5) is 0. The molecule has 0 amide bonds. The van der Waals surface area contributed by atoms with Crippen LogP contribution in [0.2, 0.25) is 0 Å². The summed E-state index contributed by atoms with van der Waals surface area (Å²) in [6, 6.07) is 12.4. The van der Waals surface area contributed by atoms with E-state index in [4.69, 9.17) is 9.47 Å². The molecule has 0 heterocycles. The molecule has 0 atom stereocenters. The van der Waals surface area contributed by atoms with Gasteiger partial charge in [-0.15, -0.1) is 0 Å². The standard InChI is InChI=1S/C17H19BrO2/c1-12-6-13(2)8-15(7-12)11-20-17-9-14(10-18)4-5-16(17)19-3/h4-9H,10-11H2,1-3H3. The van der Waals surface area contributed by atoms with E-state index in [1.165, 1.54) is 22.3 Å². The van der Waals surface area contributed by atoms with Gasteiger partial charge in [-0.3, -0.25) is 0 Å². The van der Waals surface area contributed by atoms with E-state index in [1.807, 2.05) is 18.2 Å². The molecule has 2 aromatic carbocycles. The molecule has 0 fully saturated rings. The van der Waals surface area contributed by atoms with Crippen LogP contribution >= 0.6 is 15.9 Å². The number of aryl methyl sites for hydroxylation is 2. The molecule has 0 aliphatic carbocycles. The van der Waals surface area contributed by atoms with E-state index in [-0.39, 0.29) is 0 Å². The second-order valence-electron chi connectivity index (χ2n) is 4.90. The molecule has 106 valence electrons. The van der Waals surface area contributed by atoms with E-state index in [9.17, 15) is 0 Å². The van der Waals surface area contributed by atoms with Crippen LogP contribution in [0, 0.1) is 13.8 Å². The minimum atomic E-state index is 0.546. The molecule has 0 radical (unpaired) electrons. The minimum Gasteiger partial charge on any atom is -0.493 e. The number of halogens is 1. The first-order chi connectivity index (χ1) is 9.62. The number of hydrogen-bond donors (Lipinski definition) is 0. The molecule has 0 saturated carbocycles. The summed E-state index contributed by atoms with van der Waals surface area (Å²) in [6.07, 6.45) is 0. The zero-order valence-corrected chi connectivity index (χ0v) is 13.7. The van der Waals surface area contributed by atoms with Gasteiger partial charge in [0.15, 0.2) is 11.5 Å². The van der Waals surface area contributed by atoms with Crippen LogP contribution in [0.3, 0.4) is 0 Å². The largest absolute Gasteiger partial charge is 0.493 e. The molecular weight excluding hydrogens is 316 g/mol. The summed E-state index contributed by atoms with van der Waals surface area (Å²) in [5.74, 6) is 1.54. The van der Waals surface area contributed by atoms with Crippen LogP contribution in [-0.2, 0) is 11.9 Å². The number of hydrogen-bond acceptors (Lipinski definition) is 2. The average molecular weight is 335 g/mol. The summed E-state index contributed by atoms with van der Waals surface area (Å²) in [5.41, 5.74) is 4.85. The Balaban J connectivity index is 2.17. The molecule has 2 aromatic rings. The highest BCUT2D eigenvalue weighted by molar-refractivity contribution is 9.08. The van der Waals surface area contributed by atoms with Crippen molar-refractivity contribution in [3.63, 3.8) is 0 Å². The molecule has 0 unspecified atom stereocenters. The van der Waals surface area contributed by atoms with E-state index in [1.54, 1.807) is 7.11 Å². The maximum atomic E-state index is 5.92. The van der Waals surface area contributed by atoms with Crippen LogP contribution in [0.15, 0.2) is 36.4 Å². The number of methoxy groups -OCH3 is 1. The summed E-state index contributed by atoms with van der Waals surface area (Å²) >= 11 is 3.46. The second kappa shape index (κ2) is 6.80. The number of ether oxygens (including phenoxy) is 2. The second-order valence-corrected chi connectivity index (χ2v) is 5.46. The lowest BCUT2D eigenvalue weighted by atomic mass is 10.1. The fourth-order valence-corrected chi connectivity index (χ4v) is 2.58. The summed E-state index contributed by atoms with van der Waals surface area (Å²) in [7, 11) is 1.66. The molecule has 20 heavy (non-hydrogen) atoms. The molecule has 2 nitrogen and oxygen atoms in total. The predicted octanol–water partition coefficient (Wildman–Crippen LogP) is 4.79. The van der Waals surface area contributed by atoms with Crippen molar-refractivity contribution in [3.8, 4) is 11.5 Å². The Morgan fingerprint density at radius 3 is 2.20 bits per heavy atom. The summed E-state index contributed by atoms with van der Waals surface area (Å²) in [6.45, 7) is 4.75. The molecule has 0 N–H and O–H groups in total. The van der Waals surface area contributed by atoms with Crippen LogP contribution in [0.4, 0.5) is 0 Å². The van der Waals surface area contributed by atoms with Crippen molar-refractivity contribution in [3.05, 3.63) is 58.7 Å². The van der Waals surface area contributed by atoms with Gasteiger partial charge in [0.1, 0.15) is 6.61 Å². The SMILES string of the molecule is COc1ccc(CBr)cc1OCc1cc(C)cc(C)c1. The smallest absolute Gasteiger partial charge is 0.161 e. The van der Waals surface area contributed by atoms with Gasteiger partial charge < -0.3 is 9.47 Å². The average Bonchev–Trinajstić information content (AvgIpc) is 2.43. The third kappa shape index (κ3) is 3.76. The molecule has 0 aliphatic rings. The van der Waals surface area contributed by atoms with Crippen molar-refractivity contribution in [2.75, 3.05) is 7.11 Å². The van der Waals surface area contributed by atoms with Gasteiger partial charge in [-0.25, -0.2) is 0 Å². The third-order valence-electron chi connectivity index (χ3n) is 3.06. The zero-order chi connectivity index (χ0) is 14.5. The maximum Gasteiger partial charge on any atom is 0.161 e. The van der Waals surface area contributed by atoms with Crippen LogP contribution in [0.25, 0.3) is 0 Å². The van der Waals surface area contributed by atoms with Gasteiger partial charge in [-0.05, 0) is 37.1 Å². The van der Waals surface area contributed by atoms with Crippen molar-refractivity contribution < 1.29 is 9.47 Å². The zero-order valence-electron chi connectivity index (χ0n) is 12.1. The van der Waals surface area contributed by atoms with E-state index in [0.29, 0.717) is 6.61 Å². The van der Waals surface area contributed by atoms with Gasteiger partial charge in [0.25, 0.3) is 0 Å². The number of rotatable bonds is 5. The molecule has 0 aromatic heterocycles. The van der Waals surface area contributed by atoms with Gasteiger partial charge in [-0.1, -0.05) is 51.3 Å². The van der Waals surface area contributed by atoms with E-state index >= 15 is 0 Å². The van der Waals surface area contributed by atoms with E-state index < -0.39 is 0 Å². The first-order valence-electron chi connectivity index (χ1n) is 6.55. The first-order valence-corrected chi connectivity index (χ1v) is 7.67. The molecule has 2 rings (SSSR count). The summed E-state index contributed by atoms with van der Waals surface area (Å²) in [5, 5.41) is 0.802. The molecule has 0 saturated heterocycles. The first kappa shape index (κ1) is 14.9. The lowest BCUT2D eigenvalue weighted by Gasteiger charge is -2.12. The Kier molecular flexibility index (Phi) is 5.07. The lowest BCUT2D eigenvalue weighted by Crippen LogP contribution is -1.99. The Morgan fingerprint density at radius 1 is 0.900 bits per heavy atom. The lowest BCUT2D eigenvalue weighted by molar-refractivity contribution is 0.284. The highest BCUT2D eigenvalue weighted by Gasteiger charge is 2.06. The molecule has 3 heteroatoms. The van der Waals surface area contributed by atoms with Gasteiger partial charge >= 0.3 is 0 Å².